The lowest BCUT2D eigenvalue weighted by atomic mass is 10.1. The van der Waals surface area contributed by atoms with E-state index in [2.05, 4.69) is 33.3 Å². The Morgan fingerprint density at radius 2 is 1.78 bits per heavy atom. The molecule has 0 aliphatic carbocycles. The highest BCUT2D eigenvalue weighted by Gasteiger charge is 2.35. The number of anilines is 2. The zero-order chi connectivity index (χ0) is 22.7. The summed E-state index contributed by atoms with van der Waals surface area (Å²) in [5.41, 5.74) is 8.37. The molecule has 1 saturated heterocycles. The van der Waals surface area contributed by atoms with E-state index in [1.165, 1.54) is 29.3 Å². The Labute approximate surface area is 186 Å². The van der Waals surface area contributed by atoms with E-state index in [1.54, 1.807) is 0 Å². The third-order valence-corrected chi connectivity index (χ3v) is 5.87. The van der Waals surface area contributed by atoms with Gasteiger partial charge in [0, 0.05) is 44.8 Å². The van der Waals surface area contributed by atoms with E-state index in [-0.39, 0.29) is 18.0 Å². The van der Waals surface area contributed by atoms with Crippen molar-refractivity contribution in [2.75, 3.05) is 43.1 Å². The van der Waals surface area contributed by atoms with Gasteiger partial charge in [0.2, 0.25) is 5.91 Å². The first-order chi connectivity index (χ1) is 15.4. The van der Waals surface area contributed by atoms with Gasteiger partial charge in [-0.05, 0) is 42.9 Å². The number of amides is 2. The summed E-state index contributed by atoms with van der Waals surface area (Å²) in [4.78, 5) is 29.4. The average Bonchev–Trinajstić information content (AvgIpc) is 3.25. The zero-order valence-corrected chi connectivity index (χ0v) is 18.0. The summed E-state index contributed by atoms with van der Waals surface area (Å²) in [6.07, 6.45) is 0.0959. The van der Waals surface area contributed by atoms with Crippen molar-refractivity contribution in [3.8, 4) is 0 Å². The number of para-hydroxylation sites is 1. The van der Waals surface area contributed by atoms with Gasteiger partial charge in [0.05, 0.1) is 5.69 Å². The SMILES string of the molecule is CN1CCN(c2ccccc2CNC(=O)C2=NN(c3ccc(F)cc3)C(C(N)=O)C2)CC1. The number of hydrogen-bond acceptors (Lipinski definition) is 6. The summed E-state index contributed by atoms with van der Waals surface area (Å²) in [6.45, 7) is 4.19. The summed E-state index contributed by atoms with van der Waals surface area (Å²) in [6, 6.07) is 12.8. The van der Waals surface area contributed by atoms with Gasteiger partial charge < -0.3 is 20.9 Å². The maximum absolute atomic E-state index is 13.3. The van der Waals surface area contributed by atoms with Gasteiger partial charge in [0.15, 0.2) is 0 Å². The highest BCUT2D eigenvalue weighted by atomic mass is 19.1. The number of piperazine rings is 1. The standard InChI is InChI=1S/C23H27FN6O2/c1-28-10-12-29(13-11-28)20-5-3-2-4-16(20)15-26-23(32)19-14-21(22(25)31)30(27-19)18-8-6-17(24)7-9-18/h2-9,21H,10-15H2,1H3,(H2,25,31)(H,26,32). The quantitative estimate of drug-likeness (QED) is 0.709. The Morgan fingerprint density at radius 3 is 2.47 bits per heavy atom. The molecule has 4 rings (SSSR count). The molecule has 0 spiro atoms. The second-order valence-electron chi connectivity index (χ2n) is 8.09. The normalized spacial score (nSPS) is 19.1. The first kappa shape index (κ1) is 21.8. The fraction of sp³-hybridized carbons (Fsp3) is 0.348. The maximum Gasteiger partial charge on any atom is 0.267 e. The number of benzene rings is 2. The number of carbonyl (C=O) groups is 2. The summed E-state index contributed by atoms with van der Waals surface area (Å²) >= 11 is 0. The molecule has 1 atom stereocenters. The number of nitrogens with two attached hydrogens (primary N) is 1. The number of hydrazone groups is 1. The van der Waals surface area contributed by atoms with Crippen LogP contribution in [0.25, 0.3) is 0 Å². The molecule has 2 amide bonds. The Hall–Kier alpha value is -3.46. The molecule has 2 aliphatic rings. The minimum atomic E-state index is -0.793. The van der Waals surface area contributed by atoms with E-state index >= 15 is 0 Å². The van der Waals surface area contributed by atoms with Crippen molar-refractivity contribution in [2.45, 2.75) is 19.0 Å². The first-order valence-electron chi connectivity index (χ1n) is 10.6. The summed E-state index contributed by atoms with van der Waals surface area (Å²) in [7, 11) is 2.11. The van der Waals surface area contributed by atoms with Crippen molar-refractivity contribution in [1.29, 1.82) is 0 Å². The predicted molar refractivity (Wildman–Crippen MR) is 122 cm³/mol. The maximum atomic E-state index is 13.3. The molecule has 32 heavy (non-hydrogen) atoms. The van der Waals surface area contributed by atoms with Crippen LogP contribution in [0.3, 0.4) is 0 Å². The number of carbonyl (C=O) groups excluding carboxylic acids is 2. The van der Waals surface area contributed by atoms with E-state index in [1.807, 2.05) is 18.2 Å². The van der Waals surface area contributed by atoms with Crippen LogP contribution in [0.5, 0.6) is 0 Å². The van der Waals surface area contributed by atoms with Crippen molar-refractivity contribution in [1.82, 2.24) is 10.2 Å². The van der Waals surface area contributed by atoms with Crippen molar-refractivity contribution < 1.29 is 14.0 Å². The van der Waals surface area contributed by atoms with Gasteiger partial charge in [-0.15, -0.1) is 0 Å². The number of hydrogen-bond donors (Lipinski definition) is 2. The van der Waals surface area contributed by atoms with E-state index in [9.17, 15) is 14.0 Å². The minimum absolute atomic E-state index is 0.0959. The van der Waals surface area contributed by atoms with Crippen LogP contribution in [0.1, 0.15) is 12.0 Å². The van der Waals surface area contributed by atoms with Gasteiger partial charge in [-0.1, -0.05) is 18.2 Å². The molecule has 9 heteroatoms. The highest BCUT2D eigenvalue weighted by Crippen LogP contribution is 2.25. The van der Waals surface area contributed by atoms with Crippen LogP contribution >= 0.6 is 0 Å². The molecule has 2 aromatic rings. The Morgan fingerprint density at radius 1 is 1.09 bits per heavy atom. The molecule has 1 fully saturated rings. The number of nitrogens with zero attached hydrogens (tertiary/aromatic N) is 4. The van der Waals surface area contributed by atoms with Gasteiger partial charge in [-0.2, -0.15) is 5.10 Å². The number of nitrogens with one attached hydrogen (secondary N) is 1. The van der Waals surface area contributed by atoms with E-state index in [4.69, 9.17) is 5.73 Å². The third kappa shape index (κ3) is 4.72. The molecule has 2 aliphatic heterocycles. The molecular weight excluding hydrogens is 411 g/mol. The molecule has 0 saturated carbocycles. The largest absolute Gasteiger partial charge is 0.369 e. The molecule has 168 valence electrons. The lowest BCUT2D eigenvalue weighted by Crippen LogP contribution is -2.45. The van der Waals surface area contributed by atoms with Gasteiger partial charge in [-0.25, -0.2) is 4.39 Å². The van der Waals surface area contributed by atoms with Crippen molar-refractivity contribution in [3.05, 3.63) is 59.9 Å². The molecule has 3 N–H and O–H groups in total. The molecule has 2 aromatic carbocycles. The number of likely N-dealkylation sites (N-methyl/N-ethyl adjacent to an activating group) is 1. The van der Waals surface area contributed by atoms with Gasteiger partial charge in [0.1, 0.15) is 17.6 Å². The van der Waals surface area contributed by atoms with Crippen LogP contribution in [0.15, 0.2) is 53.6 Å². The van der Waals surface area contributed by atoms with Crippen molar-refractivity contribution in [3.63, 3.8) is 0 Å². The van der Waals surface area contributed by atoms with Crippen LogP contribution in [0.2, 0.25) is 0 Å². The fourth-order valence-electron chi connectivity index (χ4n) is 3.99. The van der Waals surface area contributed by atoms with Crippen LogP contribution in [-0.2, 0) is 16.1 Å². The molecule has 0 aromatic heterocycles. The predicted octanol–water partition coefficient (Wildman–Crippen LogP) is 1.31. The van der Waals surface area contributed by atoms with E-state index in [0.717, 1.165) is 37.4 Å². The third-order valence-electron chi connectivity index (χ3n) is 5.87. The van der Waals surface area contributed by atoms with E-state index in [0.29, 0.717) is 12.2 Å². The topological polar surface area (TPSA) is 94.3 Å². The Kier molecular flexibility index (Phi) is 6.36. The monoisotopic (exact) mass is 438 g/mol. The molecule has 8 nitrogen and oxygen atoms in total. The van der Waals surface area contributed by atoms with Crippen LogP contribution < -0.4 is 21.0 Å². The number of rotatable bonds is 6. The van der Waals surface area contributed by atoms with Crippen LogP contribution in [0, 0.1) is 5.82 Å². The lowest BCUT2D eigenvalue weighted by molar-refractivity contribution is -0.119. The molecule has 1 unspecified atom stereocenters. The summed E-state index contributed by atoms with van der Waals surface area (Å²) in [5, 5.41) is 8.63. The molecule has 0 radical (unpaired) electrons. The van der Waals surface area contributed by atoms with Crippen LogP contribution in [0.4, 0.5) is 15.8 Å². The second-order valence-corrected chi connectivity index (χ2v) is 8.09. The molecule has 2 heterocycles. The van der Waals surface area contributed by atoms with E-state index < -0.39 is 17.8 Å². The molecule has 0 bridgehead atoms. The summed E-state index contributed by atoms with van der Waals surface area (Å²) in [5.74, 6) is -1.35. The van der Waals surface area contributed by atoms with Crippen molar-refractivity contribution in [2.24, 2.45) is 10.8 Å². The second kappa shape index (κ2) is 9.35. The fourth-order valence-corrected chi connectivity index (χ4v) is 3.99. The summed E-state index contributed by atoms with van der Waals surface area (Å²) < 4.78 is 13.3. The Balaban J connectivity index is 1.46. The minimum Gasteiger partial charge on any atom is -0.369 e. The van der Waals surface area contributed by atoms with Gasteiger partial charge in [0.25, 0.3) is 5.91 Å². The highest BCUT2D eigenvalue weighted by molar-refractivity contribution is 6.40. The average molecular weight is 439 g/mol. The Bertz CT molecular complexity index is 1020. The van der Waals surface area contributed by atoms with Gasteiger partial charge >= 0.3 is 0 Å². The number of primary amides is 1. The lowest BCUT2D eigenvalue weighted by Gasteiger charge is -2.35. The zero-order valence-electron chi connectivity index (χ0n) is 18.0. The molecular formula is C23H27FN6O2. The number of halogens is 1. The van der Waals surface area contributed by atoms with Gasteiger partial charge in [-0.3, -0.25) is 14.6 Å². The smallest absolute Gasteiger partial charge is 0.267 e. The first-order valence-corrected chi connectivity index (χ1v) is 10.6. The van der Waals surface area contributed by atoms with Crippen molar-refractivity contribution >= 4 is 28.9 Å². The van der Waals surface area contributed by atoms with Crippen LogP contribution in [-0.4, -0.2) is 61.7 Å².